The van der Waals surface area contributed by atoms with Gasteiger partial charge < -0.3 is 33.9 Å². The van der Waals surface area contributed by atoms with Crippen molar-refractivity contribution in [2.45, 2.75) is 101 Å². The third-order valence-electron chi connectivity index (χ3n) is 11.3. The van der Waals surface area contributed by atoms with Gasteiger partial charge in [0, 0.05) is 66.8 Å². The van der Waals surface area contributed by atoms with Gasteiger partial charge in [0.05, 0.1) is 30.6 Å². The molecule has 4 saturated heterocycles. The molecular weight excluding hydrogens is 872 g/mol. The minimum absolute atomic E-state index is 0.0276. The minimum atomic E-state index is -5.46. The Balaban J connectivity index is 1.01. The van der Waals surface area contributed by atoms with Crippen LogP contribution in [-0.2, 0) is 47.9 Å². The van der Waals surface area contributed by atoms with Crippen LogP contribution in [0.4, 0.5) is 13.6 Å². The van der Waals surface area contributed by atoms with Gasteiger partial charge >= 0.3 is 19.4 Å². The molecule has 0 spiro atoms. The van der Waals surface area contributed by atoms with Crippen molar-refractivity contribution in [1.29, 1.82) is 0 Å². The molecule has 4 aliphatic heterocycles. The molecular formula is C41H50F2N5O11PS2. The summed E-state index contributed by atoms with van der Waals surface area (Å²) >= 11 is 1.87. The number of aromatic nitrogens is 2. The fraction of sp³-hybridized carbons (Fsp3) is 0.585. The summed E-state index contributed by atoms with van der Waals surface area (Å²) in [4.78, 5) is 78.0. The van der Waals surface area contributed by atoms with Gasteiger partial charge in [-0.05, 0) is 67.7 Å². The number of likely N-dealkylation sites (tertiary alicyclic amines) is 1. The first-order chi connectivity index (χ1) is 29.7. The number of carbonyl (C=O) groups is 5. The maximum atomic E-state index is 16.4. The van der Waals surface area contributed by atoms with Crippen LogP contribution in [0.15, 0.2) is 42.7 Å². The highest BCUT2D eigenvalue weighted by Crippen LogP contribution is 2.67. The molecule has 4 fully saturated rings. The number of fused-ring (bicyclic) bond motifs is 2. The average Bonchev–Trinajstić information content (AvgIpc) is 3.83. The Bertz CT molecular complexity index is 2160. The lowest BCUT2D eigenvalue weighted by atomic mass is 9.97. The molecule has 336 valence electrons. The molecule has 4 atom stereocenters. The molecule has 16 nitrogen and oxygen atoms in total. The van der Waals surface area contributed by atoms with Crippen molar-refractivity contribution in [1.82, 2.24) is 25.1 Å². The monoisotopic (exact) mass is 921 g/mol. The molecule has 1 N–H and O–H groups in total. The van der Waals surface area contributed by atoms with E-state index >= 15 is 8.78 Å². The SMILES string of the molecule is CC(C)CC(=O)SCCOP(=O)(OCOC(=O)OC1CCOCC1)C(F)(F)c1ccc2sc(C(=O)N[C@H]3CCC[C@H]4CC[C@@H](C(=O)N5CC(c6ncccn6)C5)N4C3=O)cc2c1. The van der Waals surface area contributed by atoms with Crippen molar-refractivity contribution < 1.29 is 60.6 Å². The molecule has 6 heterocycles. The van der Waals surface area contributed by atoms with E-state index in [0.29, 0.717) is 81.8 Å². The van der Waals surface area contributed by atoms with E-state index in [-0.39, 0.29) is 57.2 Å². The molecule has 0 aliphatic carbocycles. The summed E-state index contributed by atoms with van der Waals surface area (Å²) in [6.45, 7) is 3.67. The highest BCUT2D eigenvalue weighted by atomic mass is 32.2. The topological polar surface area (TPSA) is 193 Å². The summed E-state index contributed by atoms with van der Waals surface area (Å²) < 4.78 is 72.7. The molecule has 3 amide bonds. The van der Waals surface area contributed by atoms with Gasteiger partial charge in [0.2, 0.25) is 18.6 Å². The molecule has 0 radical (unpaired) electrons. The molecule has 0 bridgehead atoms. The Hall–Kier alpha value is -4.07. The summed E-state index contributed by atoms with van der Waals surface area (Å²) in [7, 11) is -5.46. The lowest BCUT2D eigenvalue weighted by Crippen LogP contribution is -2.58. The number of carbonyl (C=O) groups excluding carboxylic acids is 5. The average molecular weight is 922 g/mol. The van der Waals surface area contributed by atoms with Gasteiger partial charge in [-0.3, -0.25) is 28.3 Å². The first-order valence-electron chi connectivity index (χ1n) is 20.8. The number of nitrogens with zero attached hydrogens (tertiary/aromatic N) is 4. The fourth-order valence-electron chi connectivity index (χ4n) is 8.03. The third kappa shape index (κ3) is 10.6. The van der Waals surface area contributed by atoms with E-state index in [1.165, 1.54) is 12.1 Å². The highest BCUT2D eigenvalue weighted by molar-refractivity contribution is 8.13. The summed E-state index contributed by atoms with van der Waals surface area (Å²) in [5.74, 6) is -0.358. The van der Waals surface area contributed by atoms with E-state index < -0.39 is 62.5 Å². The van der Waals surface area contributed by atoms with Crippen molar-refractivity contribution in [2.75, 3.05) is 45.5 Å². The van der Waals surface area contributed by atoms with Gasteiger partial charge in [-0.1, -0.05) is 31.7 Å². The van der Waals surface area contributed by atoms with Crippen molar-refractivity contribution in [3.8, 4) is 0 Å². The number of alkyl halides is 2. The maximum absolute atomic E-state index is 16.4. The third-order valence-corrected chi connectivity index (χ3v) is 15.2. The number of rotatable bonds is 16. The van der Waals surface area contributed by atoms with Crippen LogP contribution in [0.2, 0.25) is 0 Å². The molecule has 4 aliphatic rings. The number of benzene rings is 1. The van der Waals surface area contributed by atoms with Crippen LogP contribution in [0.3, 0.4) is 0 Å². The van der Waals surface area contributed by atoms with Crippen LogP contribution >= 0.6 is 30.7 Å². The Kier molecular flexibility index (Phi) is 15.0. The predicted octanol–water partition coefficient (Wildman–Crippen LogP) is 6.83. The normalized spacial score (nSPS) is 22.1. The largest absolute Gasteiger partial charge is 0.510 e. The number of ether oxygens (including phenoxy) is 3. The number of hydrogen-bond donors (Lipinski definition) is 1. The molecule has 7 rings (SSSR count). The lowest BCUT2D eigenvalue weighted by Gasteiger charge is -2.41. The van der Waals surface area contributed by atoms with E-state index in [0.717, 1.165) is 35.2 Å². The first kappa shape index (κ1) is 45.9. The second kappa shape index (κ2) is 20.2. The fourth-order valence-corrected chi connectivity index (χ4v) is 11.3. The van der Waals surface area contributed by atoms with Crippen LogP contribution in [-0.4, -0.2) is 118 Å². The van der Waals surface area contributed by atoms with E-state index in [1.807, 2.05) is 13.8 Å². The molecule has 3 aromatic rings. The smallest absolute Gasteiger partial charge is 0.431 e. The van der Waals surface area contributed by atoms with E-state index in [1.54, 1.807) is 28.3 Å². The van der Waals surface area contributed by atoms with Crippen LogP contribution in [0.25, 0.3) is 10.1 Å². The second-order valence-electron chi connectivity index (χ2n) is 16.1. The quantitative estimate of drug-likeness (QED) is 0.0680. The number of thiophene rings is 1. The molecule has 21 heteroatoms. The van der Waals surface area contributed by atoms with E-state index in [2.05, 4.69) is 15.3 Å². The van der Waals surface area contributed by atoms with Gasteiger partial charge in [0.15, 0.2) is 5.12 Å². The number of nitrogens with one attached hydrogen (secondary N) is 1. The zero-order chi connectivity index (χ0) is 44.0. The Morgan fingerprint density at radius 2 is 1.79 bits per heavy atom. The number of hydrogen-bond acceptors (Lipinski definition) is 15. The molecule has 1 unspecified atom stereocenters. The van der Waals surface area contributed by atoms with Crippen LogP contribution in [0.5, 0.6) is 0 Å². The Labute approximate surface area is 365 Å². The van der Waals surface area contributed by atoms with Crippen molar-refractivity contribution in [3.63, 3.8) is 0 Å². The van der Waals surface area contributed by atoms with Gasteiger partial charge in [0.25, 0.3) is 5.91 Å². The minimum Gasteiger partial charge on any atom is -0.431 e. The van der Waals surface area contributed by atoms with Gasteiger partial charge in [-0.2, -0.15) is 8.78 Å². The van der Waals surface area contributed by atoms with Gasteiger partial charge in [-0.25, -0.2) is 14.8 Å². The Morgan fingerprint density at radius 1 is 1.03 bits per heavy atom. The number of amides is 3. The van der Waals surface area contributed by atoms with Crippen molar-refractivity contribution >= 4 is 69.8 Å². The summed E-state index contributed by atoms with van der Waals surface area (Å²) in [5.41, 5.74) is -5.04. The molecule has 62 heavy (non-hydrogen) atoms. The zero-order valence-electron chi connectivity index (χ0n) is 34.4. The van der Waals surface area contributed by atoms with Gasteiger partial charge in [-0.15, -0.1) is 11.3 Å². The number of thioether (sulfide) groups is 1. The molecule has 1 aromatic carbocycles. The summed E-state index contributed by atoms with van der Waals surface area (Å²) in [5, 5.41) is 2.88. The standard InChI is InChI=1S/C41H50F2N5O11PS2/c1-25(2)19-35(49)61-18-17-57-60(54,58-24-56-40(53)59-30-11-15-55-16-12-30)41(42,43)28-7-10-33-26(20-28)21-34(62-33)37(50)46-31-6-3-5-29-8-9-32(48(29)38(31)51)39(52)47-22-27(23-47)36-44-13-4-14-45-36/h4,7,10,13-14,20-21,25,27,29-32H,3,5-6,8-9,11-12,15-19,22-24H2,1-2H3,(H,46,50)/t29-,31-,32-,60?/m0/s1. The zero-order valence-corrected chi connectivity index (χ0v) is 36.9. The van der Waals surface area contributed by atoms with Crippen LogP contribution < -0.4 is 5.32 Å². The van der Waals surface area contributed by atoms with Crippen LogP contribution in [0.1, 0.15) is 92.2 Å². The maximum Gasteiger partial charge on any atom is 0.510 e. The van der Waals surface area contributed by atoms with Crippen molar-refractivity contribution in [3.05, 3.63) is 59.0 Å². The van der Waals surface area contributed by atoms with Crippen molar-refractivity contribution in [2.24, 2.45) is 5.92 Å². The second-order valence-corrected chi connectivity index (χ2v) is 20.4. The van der Waals surface area contributed by atoms with E-state index in [4.69, 9.17) is 23.3 Å². The predicted molar refractivity (Wildman–Crippen MR) is 224 cm³/mol. The van der Waals surface area contributed by atoms with Crippen LogP contribution in [0, 0.1) is 5.92 Å². The number of halogens is 2. The molecule has 0 saturated carbocycles. The molecule has 2 aromatic heterocycles. The lowest BCUT2D eigenvalue weighted by molar-refractivity contribution is -0.148. The van der Waals surface area contributed by atoms with E-state index in [9.17, 15) is 28.5 Å². The summed E-state index contributed by atoms with van der Waals surface area (Å²) in [6.07, 6.45) is 5.64. The van der Waals surface area contributed by atoms with Gasteiger partial charge in [0.1, 0.15) is 24.0 Å². The first-order valence-corrected chi connectivity index (χ1v) is 24.1. The summed E-state index contributed by atoms with van der Waals surface area (Å²) in [6, 6.07) is 4.92. The Morgan fingerprint density at radius 3 is 2.53 bits per heavy atom. The highest BCUT2D eigenvalue weighted by Gasteiger charge is 2.56.